The maximum absolute atomic E-state index is 14.1. The number of halogens is 2. The van der Waals surface area contributed by atoms with Crippen molar-refractivity contribution < 1.29 is 18.0 Å². The Morgan fingerprint density at radius 3 is 2.76 bits per heavy atom. The maximum atomic E-state index is 14.1. The molecule has 0 radical (unpaired) electrons. The van der Waals surface area contributed by atoms with Crippen LogP contribution < -0.4 is 4.68 Å². The van der Waals surface area contributed by atoms with Crippen molar-refractivity contribution in [1.29, 1.82) is 0 Å². The van der Waals surface area contributed by atoms with Gasteiger partial charge in [-0.25, -0.2) is 13.8 Å². The SMILES string of the molecule is CCCCc1ccc(-c2cc(C[n+]3cc4[nH]c(-c5cccc(F)c5F)nc4cn3)on2)cc1. The molecule has 2 aromatic carbocycles. The number of imidazole rings is 1. The highest BCUT2D eigenvalue weighted by molar-refractivity contribution is 5.77. The van der Waals surface area contributed by atoms with Gasteiger partial charge in [0.2, 0.25) is 18.5 Å². The molecule has 5 rings (SSSR count). The smallest absolute Gasteiger partial charge is 0.234 e. The average molecular weight is 446 g/mol. The molecule has 0 saturated heterocycles. The van der Waals surface area contributed by atoms with E-state index in [1.807, 2.05) is 6.07 Å². The van der Waals surface area contributed by atoms with Crippen LogP contribution in [0.15, 0.2) is 65.4 Å². The summed E-state index contributed by atoms with van der Waals surface area (Å²) in [5, 5.41) is 8.53. The van der Waals surface area contributed by atoms with Gasteiger partial charge in [0.05, 0.1) is 5.56 Å². The minimum absolute atomic E-state index is 0.0679. The van der Waals surface area contributed by atoms with Gasteiger partial charge in [0, 0.05) is 11.6 Å². The van der Waals surface area contributed by atoms with Gasteiger partial charge in [-0.1, -0.05) is 53.5 Å². The van der Waals surface area contributed by atoms with Gasteiger partial charge in [0.1, 0.15) is 28.7 Å². The van der Waals surface area contributed by atoms with E-state index in [1.165, 1.54) is 30.5 Å². The number of H-pyrrole nitrogens is 1. The molecule has 0 unspecified atom stereocenters. The van der Waals surface area contributed by atoms with E-state index >= 15 is 0 Å². The van der Waals surface area contributed by atoms with Gasteiger partial charge in [-0.05, 0) is 35.6 Å². The third kappa shape index (κ3) is 4.37. The fourth-order valence-corrected chi connectivity index (χ4v) is 3.72. The number of aromatic amines is 1. The number of fused-ring (bicyclic) bond motifs is 1. The molecule has 1 N–H and O–H groups in total. The third-order valence-electron chi connectivity index (χ3n) is 5.52. The van der Waals surface area contributed by atoms with Crippen LogP contribution in [0.25, 0.3) is 33.7 Å². The van der Waals surface area contributed by atoms with Gasteiger partial charge in [-0.2, -0.15) is 0 Å². The molecule has 166 valence electrons. The van der Waals surface area contributed by atoms with Crippen molar-refractivity contribution >= 4 is 11.0 Å². The average Bonchev–Trinajstić information content (AvgIpc) is 3.47. The molecule has 0 bridgehead atoms. The van der Waals surface area contributed by atoms with E-state index in [0.717, 1.165) is 23.7 Å². The quantitative estimate of drug-likeness (QED) is 0.347. The molecule has 0 atom stereocenters. The Morgan fingerprint density at radius 2 is 1.94 bits per heavy atom. The predicted molar refractivity (Wildman–Crippen MR) is 119 cm³/mol. The van der Waals surface area contributed by atoms with Crippen molar-refractivity contribution in [1.82, 2.24) is 20.2 Å². The van der Waals surface area contributed by atoms with Crippen LogP contribution in [0.4, 0.5) is 8.78 Å². The molecule has 0 spiro atoms. The van der Waals surface area contributed by atoms with Crippen molar-refractivity contribution in [2.24, 2.45) is 0 Å². The summed E-state index contributed by atoms with van der Waals surface area (Å²) in [4.78, 5) is 7.36. The molecule has 0 aliphatic heterocycles. The molecule has 0 amide bonds. The molecule has 33 heavy (non-hydrogen) atoms. The lowest BCUT2D eigenvalue weighted by atomic mass is 10.0. The number of nitrogens with one attached hydrogen (secondary N) is 1. The zero-order valence-electron chi connectivity index (χ0n) is 18.1. The zero-order valence-corrected chi connectivity index (χ0v) is 18.1. The summed E-state index contributed by atoms with van der Waals surface area (Å²) in [6.07, 6.45) is 6.74. The number of hydrogen-bond donors (Lipinski definition) is 1. The van der Waals surface area contributed by atoms with E-state index in [-0.39, 0.29) is 11.4 Å². The Morgan fingerprint density at radius 1 is 1.09 bits per heavy atom. The first-order valence-electron chi connectivity index (χ1n) is 10.9. The fourth-order valence-electron chi connectivity index (χ4n) is 3.72. The van der Waals surface area contributed by atoms with Crippen molar-refractivity contribution in [3.05, 3.63) is 83.9 Å². The molecule has 3 aromatic heterocycles. The molecular formula is C25H22F2N5O+. The monoisotopic (exact) mass is 446 g/mol. The summed E-state index contributed by atoms with van der Waals surface area (Å²) in [6.45, 7) is 2.55. The van der Waals surface area contributed by atoms with Crippen LogP contribution in [-0.4, -0.2) is 20.2 Å². The second kappa shape index (κ2) is 8.90. The number of aromatic nitrogens is 5. The molecule has 6 nitrogen and oxygen atoms in total. The summed E-state index contributed by atoms with van der Waals surface area (Å²) >= 11 is 0. The molecule has 8 heteroatoms. The Kier molecular flexibility index (Phi) is 5.64. The zero-order chi connectivity index (χ0) is 22.8. The highest BCUT2D eigenvalue weighted by Crippen LogP contribution is 2.24. The summed E-state index contributed by atoms with van der Waals surface area (Å²) < 4.78 is 34.9. The molecule has 0 aliphatic carbocycles. The van der Waals surface area contributed by atoms with Crippen LogP contribution in [0.3, 0.4) is 0 Å². The van der Waals surface area contributed by atoms with Crippen molar-refractivity contribution in [3.63, 3.8) is 0 Å². The second-order valence-electron chi connectivity index (χ2n) is 7.94. The fraction of sp³-hybridized carbons (Fsp3) is 0.200. The Labute approximate surface area is 188 Å². The lowest BCUT2D eigenvalue weighted by molar-refractivity contribution is -0.746. The van der Waals surface area contributed by atoms with Crippen molar-refractivity contribution in [2.75, 3.05) is 0 Å². The Balaban J connectivity index is 1.34. The Hall–Kier alpha value is -3.94. The topological polar surface area (TPSA) is 71.5 Å². The highest BCUT2D eigenvalue weighted by atomic mass is 19.2. The van der Waals surface area contributed by atoms with E-state index in [4.69, 9.17) is 4.52 Å². The van der Waals surface area contributed by atoms with Gasteiger partial charge in [-0.3, -0.25) is 0 Å². The molecule has 5 aromatic rings. The Bertz CT molecular complexity index is 1410. The number of benzene rings is 2. The van der Waals surface area contributed by atoms with Gasteiger partial charge in [0.15, 0.2) is 11.6 Å². The summed E-state index contributed by atoms with van der Waals surface area (Å²) in [5.74, 6) is -0.971. The highest BCUT2D eigenvalue weighted by Gasteiger charge is 2.17. The van der Waals surface area contributed by atoms with Crippen LogP contribution in [0, 0.1) is 11.6 Å². The minimum atomic E-state index is -0.940. The molecular weight excluding hydrogens is 424 g/mol. The van der Waals surface area contributed by atoms with E-state index in [1.54, 1.807) is 17.1 Å². The van der Waals surface area contributed by atoms with E-state index in [0.29, 0.717) is 23.3 Å². The normalized spacial score (nSPS) is 11.4. The van der Waals surface area contributed by atoms with E-state index < -0.39 is 11.6 Å². The summed E-state index contributed by atoms with van der Waals surface area (Å²) in [6, 6.07) is 14.2. The number of hydrogen-bond acceptors (Lipinski definition) is 4. The van der Waals surface area contributed by atoms with Crippen LogP contribution in [-0.2, 0) is 13.0 Å². The van der Waals surface area contributed by atoms with Crippen LogP contribution in [0.5, 0.6) is 0 Å². The lowest BCUT2D eigenvalue weighted by Gasteiger charge is -2.00. The first-order chi connectivity index (χ1) is 16.1. The van der Waals surface area contributed by atoms with E-state index in [2.05, 4.69) is 51.4 Å². The van der Waals surface area contributed by atoms with E-state index in [9.17, 15) is 8.78 Å². The van der Waals surface area contributed by atoms with Gasteiger partial charge in [0.25, 0.3) is 0 Å². The van der Waals surface area contributed by atoms with Crippen molar-refractivity contribution in [3.8, 4) is 22.6 Å². The van der Waals surface area contributed by atoms with Gasteiger partial charge in [-0.15, -0.1) is 0 Å². The largest absolute Gasteiger partial charge is 0.354 e. The van der Waals surface area contributed by atoms with Crippen LogP contribution in [0.2, 0.25) is 0 Å². The summed E-state index contributed by atoms with van der Waals surface area (Å²) in [7, 11) is 0. The second-order valence-corrected chi connectivity index (χ2v) is 7.94. The number of unbranched alkanes of at least 4 members (excludes halogenated alkanes) is 1. The first-order valence-corrected chi connectivity index (χ1v) is 10.9. The first kappa shape index (κ1) is 20.9. The lowest BCUT2D eigenvalue weighted by Crippen LogP contribution is -2.37. The number of rotatable bonds is 7. The molecule has 3 heterocycles. The standard InChI is InChI=1S/C25H21F2N5O/c1-2-3-5-16-8-10-17(11-9-16)21-12-18(33-31-21)14-32-15-23-22(13-28-32)29-25(30-23)19-6-4-7-20(26)24(19)27/h4,6-13,15H,2-3,5,14H2,1H3/p+1. The number of aryl methyl sites for hydroxylation is 1. The number of nitrogens with zero attached hydrogens (tertiary/aromatic N) is 4. The minimum Gasteiger partial charge on any atom is -0.354 e. The maximum Gasteiger partial charge on any atom is 0.234 e. The molecule has 0 fully saturated rings. The van der Waals surface area contributed by atoms with Crippen molar-refractivity contribution in [2.45, 2.75) is 32.7 Å². The van der Waals surface area contributed by atoms with Gasteiger partial charge < -0.3 is 9.51 Å². The van der Waals surface area contributed by atoms with Crippen LogP contribution in [0.1, 0.15) is 31.1 Å². The van der Waals surface area contributed by atoms with Gasteiger partial charge >= 0.3 is 0 Å². The molecule has 0 saturated carbocycles. The molecule has 0 aliphatic rings. The predicted octanol–water partition coefficient (Wildman–Crippen LogP) is 5.24. The summed E-state index contributed by atoms with van der Waals surface area (Å²) in [5.41, 5.74) is 4.33. The third-order valence-corrected chi connectivity index (χ3v) is 5.52. The van der Waals surface area contributed by atoms with Crippen LogP contribution >= 0.6 is 0 Å².